The van der Waals surface area contributed by atoms with Crippen LogP contribution >= 0.6 is 0 Å². The highest BCUT2D eigenvalue weighted by Crippen LogP contribution is 2.13. The minimum atomic E-state index is -0.973. The predicted molar refractivity (Wildman–Crippen MR) is 103 cm³/mol. The highest BCUT2D eigenvalue weighted by atomic mass is 16.4. The molecule has 136 valence electrons. The van der Waals surface area contributed by atoms with Crippen molar-refractivity contribution < 1.29 is 9.90 Å². The number of carboxylic acids is 1. The summed E-state index contributed by atoms with van der Waals surface area (Å²) in [6, 6.07) is 0. The predicted octanol–water partition coefficient (Wildman–Crippen LogP) is 5.66. The van der Waals surface area contributed by atoms with Gasteiger partial charge in [0.05, 0.1) is 0 Å². The molecule has 0 atom stereocenters. The van der Waals surface area contributed by atoms with Crippen LogP contribution in [0.4, 0.5) is 0 Å². The van der Waals surface area contributed by atoms with Gasteiger partial charge in [-0.1, -0.05) is 46.6 Å². The van der Waals surface area contributed by atoms with Gasteiger partial charge in [-0.25, -0.2) is 0 Å². The number of hydrogen-bond acceptors (Lipinski definition) is 2. The SMILES string of the molecule is CC(C)=CCC/C(C)=C/CC/C(C)=C/CC/C(C)=C/CCC(=O)[O-]. The molecule has 2 nitrogen and oxygen atoms in total. The molecule has 2 heteroatoms. The topological polar surface area (TPSA) is 40.1 Å². The molecule has 24 heavy (non-hydrogen) atoms. The van der Waals surface area contributed by atoms with Gasteiger partial charge in [-0.05, 0) is 86.0 Å². The van der Waals surface area contributed by atoms with E-state index in [1.165, 1.54) is 22.3 Å². The molecular formula is C22H35O2-. The molecule has 0 N–H and O–H groups in total. The molecule has 0 aliphatic carbocycles. The van der Waals surface area contributed by atoms with Gasteiger partial charge in [0.25, 0.3) is 0 Å². The van der Waals surface area contributed by atoms with Crippen LogP contribution in [-0.2, 0) is 4.79 Å². The molecule has 0 aromatic carbocycles. The lowest BCUT2D eigenvalue weighted by Gasteiger charge is -2.03. The molecule has 0 aliphatic heterocycles. The van der Waals surface area contributed by atoms with Crippen LogP contribution in [-0.4, -0.2) is 5.97 Å². The number of allylic oxidation sites excluding steroid dienone is 8. The summed E-state index contributed by atoms with van der Waals surface area (Å²) in [4.78, 5) is 10.4. The zero-order valence-electron chi connectivity index (χ0n) is 16.3. The van der Waals surface area contributed by atoms with Crippen LogP contribution in [0, 0.1) is 0 Å². The first-order valence-corrected chi connectivity index (χ1v) is 9.11. The lowest BCUT2D eigenvalue weighted by molar-refractivity contribution is -0.305. The summed E-state index contributed by atoms with van der Waals surface area (Å²) in [6.07, 6.45) is 16.2. The van der Waals surface area contributed by atoms with Gasteiger partial charge in [0.2, 0.25) is 0 Å². The lowest BCUT2D eigenvalue weighted by atomic mass is 10.0. The Morgan fingerprint density at radius 3 is 1.29 bits per heavy atom. The van der Waals surface area contributed by atoms with Crippen LogP contribution in [0.15, 0.2) is 46.6 Å². The summed E-state index contributed by atoms with van der Waals surface area (Å²) < 4.78 is 0. The Morgan fingerprint density at radius 2 is 0.958 bits per heavy atom. The maximum atomic E-state index is 10.4. The average Bonchev–Trinajstić information content (AvgIpc) is 2.46. The van der Waals surface area contributed by atoms with Gasteiger partial charge >= 0.3 is 0 Å². The minimum Gasteiger partial charge on any atom is -0.550 e. The van der Waals surface area contributed by atoms with Crippen molar-refractivity contribution in [1.82, 2.24) is 0 Å². The molecule has 0 saturated heterocycles. The third-order valence-electron chi connectivity index (χ3n) is 4.00. The number of carboxylic acid groups (broad SMARTS) is 1. The first-order chi connectivity index (χ1) is 11.3. The van der Waals surface area contributed by atoms with Gasteiger partial charge in [0, 0.05) is 5.97 Å². The smallest absolute Gasteiger partial charge is 0.0417 e. The van der Waals surface area contributed by atoms with E-state index >= 15 is 0 Å². The zero-order chi connectivity index (χ0) is 18.4. The summed E-state index contributed by atoms with van der Waals surface area (Å²) in [5.74, 6) is -0.973. The maximum Gasteiger partial charge on any atom is 0.0417 e. The molecule has 0 aliphatic rings. The van der Waals surface area contributed by atoms with Crippen LogP contribution < -0.4 is 5.11 Å². The van der Waals surface area contributed by atoms with Gasteiger partial charge < -0.3 is 9.90 Å². The molecular weight excluding hydrogens is 296 g/mol. The van der Waals surface area contributed by atoms with E-state index in [-0.39, 0.29) is 6.42 Å². The third-order valence-corrected chi connectivity index (χ3v) is 4.00. The van der Waals surface area contributed by atoms with E-state index in [2.05, 4.69) is 52.8 Å². The summed E-state index contributed by atoms with van der Waals surface area (Å²) in [5.41, 5.74) is 5.57. The molecule has 0 radical (unpaired) electrons. The standard InChI is InChI=1S/C22H36O2/c1-18(2)10-6-11-19(3)12-7-13-20(4)14-8-15-21(5)16-9-17-22(23)24/h10,12,14,16H,6-9,11,13,15,17H2,1-5H3,(H,23,24)/p-1/b19-12+,20-14+,21-16+. The lowest BCUT2D eigenvalue weighted by Crippen LogP contribution is -2.21. The summed E-state index contributed by atoms with van der Waals surface area (Å²) in [5, 5.41) is 10.4. The fraction of sp³-hybridized carbons (Fsp3) is 0.591. The van der Waals surface area contributed by atoms with Crippen LogP contribution in [0.5, 0.6) is 0 Å². The fourth-order valence-electron chi connectivity index (χ4n) is 2.42. The molecule has 0 saturated carbocycles. The van der Waals surface area contributed by atoms with Crippen molar-refractivity contribution in [2.45, 2.75) is 86.0 Å². The van der Waals surface area contributed by atoms with E-state index < -0.39 is 5.97 Å². The van der Waals surface area contributed by atoms with E-state index in [4.69, 9.17) is 0 Å². The number of aliphatic carboxylic acids is 1. The van der Waals surface area contributed by atoms with Crippen molar-refractivity contribution in [3.63, 3.8) is 0 Å². The van der Waals surface area contributed by atoms with Gasteiger partial charge in [0.1, 0.15) is 0 Å². The van der Waals surface area contributed by atoms with Crippen LogP contribution in [0.1, 0.15) is 86.0 Å². The van der Waals surface area contributed by atoms with Crippen molar-refractivity contribution >= 4 is 5.97 Å². The van der Waals surface area contributed by atoms with E-state index in [1.807, 2.05) is 6.08 Å². The van der Waals surface area contributed by atoms with Gasteiger partial charge in [-0.15, -0.1) is 0 Å². The molecule has 0 aromatic rings. The summed E-state index contributed by atoms with van der Waals surface area (Å²) >= 11 is 0. The Hall–Kier alpha value is -1.57. The van der Waals surface area contributed by atoms with E-state index in [0.717, 1.165) is 38.5 Å². The Kier molecular flexibility index (Phi) is 12.9. The second-order valence-corrected chi connectivity index (χ2v) is 6.96. The zero-order valence-corrected chi connectivity index (χ0v) is 16.3. The van der Waals surface area contributed by atoms with Gasteiger partial charge in [-0.2, -0.15) is 0 Å². The average molecular weight is 332 g/mol. The second kappa shape index (κ2) is 13.8. The molecule has 0 fully saturated rings. The van der Waals surface area contributed by atoms with Crippen molar-refractivity contribution in [2.75, 3.05) is 0 Å². The second-order valence-electron chi connectivity index (χ2n) is 6.96. The number of rotatable bonds is 12. The van der Waals surface area contributed by atoms with Crippen LogP contribution in [0.25, 0.3) is 0 Å². The summed E-state index contributed by atoms with van der Waals surface area (Å²) in [7, 11) is 0. The fourth-order valence-corrected chi connectivity index (χ4v) is 2.42. The number of carbonyl (C=O) groups excluding carboxylic acids is 1. The highest BCUT2D eigenvalue weighted by Gasteiger charge is 1.94. The quantitative estimate of drug-likeness (QED) is 0.433. The Morgan fingerprint density at radius 1 is 0.625 bits per heavy atom. The monoisotopic (exact) mass is 331 g/mol. The number of carbonyl (C=O) groups is 1. The first kappa shape index (κ1) is 22.4. The van der Waals surface area contributed by atoms with Gasteiger partial charge in [-0.3, -0.25) is 0 Å². The van der Waals surface area contributed by atoms with Gasteiger partial charge in [0.15, 0.2) is 0 Å². The highest BCUT2D eigenvalue weighted by molar-refractivity contribution is 5.64. The molecule has 0 rings (SSSR count). The van der Waals surface area contributed by atoms with Crippen molar-refractivity contribution in [3.8, 4) is 0 Å². The normalized spacial score (nSPS) is 13.1. The minimum absolute atomic E-state index is 0.117. The van der Waals surface area contributed by atoms with Crippen molar-refractivity contribution in [3.05, 3.63) is 46.6 Å². The summed E-state index contributed by atoms with van der Waals surface area (Å²) in [6.45, 7) is 10.8. The van der Waals surface area contributed by atoms with E-state index in [0.29, 0.717) is 6.42 Å². The largest absolute Gasteiger partial charge is 0.550 e. The Balaban J connectivity index is 3.98. The van der Waals surface area contributed by atoms with Crippen molar-refractivity contribution in [2.24, 2.45) is 0 Å². The Bertz CT molecular complexity index is 486. The molecule has 0 unspecified atom stereocenters. The third kappa shape index (κ3) is 15.3. The maximum absolute atomic E-state index is 10.4. The Labute approximate surface area is 149 Å². The van der Waals surface area contributed by atoms with Crippen LogP contribution in [0.2, 0.25) is 0 Å². The molecule has 0 spiro atoms. The van der Waals surface area contributed by atoms with Crippen molar-refractivity contribution in [1.29, 1.82) is 0 Å². The first-order valence-electron chi connectivity index (χ1n) is 9.11. The van der Waals surface area contributed by atoms with E-state index in [9.17, 15) is 9.90 Å². The molecule has 0 aromatic heterocycles. The van der Waals surface area contributed by atoms with E-state index in [1.54, 1.807) is 0 Å². The molecule has 0 bridgehead atoms. The molecule has 0 heterocycles. The van der Waals surface area contributed by atoms with Crippen LogP contribution in [0.3, 0.4) is 0 Å². The molecule has 0 amide bonds. The number of hydrogen-bond donors (Lipinski definition) is 0.